The van der Waals surface area contributed by atoms with E-state index in [1.54, 1.807) is 6.92 Å². The highest BCUT2D eigenvalue weighted by molar-refractivity contribution is 4.67. The average Bonchev–Trinajstić information content (AvgIpc) is 2.64. The lowest BCUT2D eigenvalue weighted by Gasteiger charge is -2.31. The summed E-state index contributed by atoms with van der Waals surface area (Å²) in [6.45, 7) is 8.92. The second-order valence-electron chi connectivity index (χ2n) is 3.98. The molecule has 1 rings (SSSR count). The minimum absolute atomic E-state index is 0.484. The summed E-state index contributed by atoms with van der Waals surface area (Å²) in [7, 11) is 0. The summed E-state index contributed by atoms with van der Waals surface area (Å²) < 4.78 is 16.1. The number of hydrogen-bond acceptors (Lipinski definition) is 5. The Balaban J connectivity index is 2.42. The van der Waals surface area contributed by atoms with Crippen molar-refractivity contribution in [3.05, 3.63) is 0 Å². The first-order valence-corrected chi connectivity index (χ1v) is 5.82. The van der Waals surface area contributed by atoms with E-state index in [4.69, 9.17) is 24.0 Å². The minimum atomic E-state index is -1.17. The molecule has 0 bridgehead atoms. The van der Waals surface area contributed by atoms with E-state index in [1.165, 1.54) is 0 Å². The smallest absolute Gasteiger partial charge is 0.309 e. The van der Waals surface area contributed by atoms with Crippen LogP contribution in [0, 0.1) is 0 Å². The monoisotopic (exact) mass is 234 g/mol. The highest BCUT2D eigenvalue weighted by Gasteiger charge is 2.37. The molecule has 1 aliphatic heterocycles. The van der Waals surface area contributed by atoms with Crippen LogP contribution in [-0.2, 0) is 24.0 Å². The molecule has 1 heterocycles. The molecule has 0 spiro atoms. The molecule has 0 aromatic rings. The molecular formula is C11H22O5. The predicted molar refractivity (Wildman–Crippen MR) is 57.4 cm³/mol. The van der Waals surface area contributed by atoms with Gasteiger partial charge in [-0.05, 0) is 27.2 Å². The van der Waals surface area contributed by atoms with Crippen molar-refractivity contribution in [1.82, 2.24) is 0 Å². The Morgan fingerprint density at radius 1 is 1.25 bits per heavy atom. The maximum absolute atomic E-state index is 5.43. The summed E-state index contributed by atoms with van der Waals surface area (Å²) in [5, 5.41) is 0. The van der Waals surface area contributed by atoms with Gasteiger partial charge in [0.1, 0.15) is 0 Å². The summed E-state index contributed by atoms with van der Waals surface area (Å²) in [6.07, 6.45) is 1.78. The van der Waals surface area contributed by atoms with E-state index in [1.807, 2.05) is 20.8 Å². The zero-order valence-electron chi connectivity index (χ0n) is 10.6. The van der Waals surface area contributed by atoms with E-state index < -0.39 is 11.8 Å². The lowest BCUT2D eigenvalue weighted by molar-refractivity contribution is -0.543. The normalized spacial score (nSPS) is 26.2. The second-order valence-corrected chi connectivity index (χ2v) is 3.98. The van der Waals surface area contributed by atoms with Crippen molar-refractivity contribution in [1.29, 1.82) is 0 Å². The molecule has 1 unspecified atom stereocenters. The molecule has 0 aliphatic carbocycles. The molecule has 5 heteroatoms. The average molecular weight is 234 g/mol. The third kappa shape index (κ3) is 3.99. The van der Waals surface area contributed by atoms with Gasteiger partial charge in [-0.1, -0.05) is 0 Å². The zero-order chi connectivity index (χ0) is 12.1. The molecule has 1 fully saturated rings. The van der Waals surface area contributed by atoms with Gasteiger partial charge in [0.25, 0.3) is 0 Å². The van der Waals surface area contributed by atoms with E-state index in [2.05, 4.69) is 0 Å². The van der Waals surface area contributed by atoms with Crippen molar-refractivity contribution in [3.63, 3.8) is 0 Å². The predicted octanol–water partition coefficient (Wildman–Crippen LogP) is 2.21. The van der Waals surface area contributed by atoms with Crippen LogP contribution in [0.25, 0.3) is 0 Å². The molecule has 1 saturated heterocycles. The quantitative estimate of drug-likeness (QED) is 0.384. The lowest BCUT2D eigenvalue weighted by atomic mass is 10.2. The molecular weight excluding hydrogens is 212 g/mol. The van der Waals surface area contributed by atoms with Crippen molar-refractivity contribution >= 4 is 0 Å². The third-order valence-electron chi connectivity index (χ3n) is 2.36. The van der Waals surface area contributed by atoms with Crippen LogP contribution in [0.4, 0.5) is 0 Å². The SMILES string of the molecule is CCOC(C)(OCC)OOC1(C)CCCO1. The van der Waals surface area contributed by atoms with Crippen LogP contribution in [-0.4, -0.2) is 31.6 Å². The van der Waals surface area contributed by atoms with E-state index in [0.29, 0.717) is 19.8 Å². The van der Waals surface area contributed by atoms with E-state index in [-0.39, 0.29) is 0 Å². The molecule has 1 atom stereocenters. The van der Waals surface area contributed by atoms with Crippen molar-refractivity contribution in [2.45, 2.75) is 52.3 Å². The van der Waals surface area contributed by atoms with Crippen molar-refractivity contribution in [2.75, 3.05) is 19.8 Å². The Bertz CT molecular complexity index is 195. The van der Waals surface area contributed by atoms with E-state index in [9.17, 15) is 0 Å². The van der Waals surface area contributed by atoms with Gasteiger partial charge in [-0.2, -0.15) is 9.78 Å². The molecule has 0 aromatic heterocycles. The molecule has 0 N–H and O–H groups in total. The lowest BCUT2D eigenvalue weighted by Crippen LogP contribution is -2.40. The summed E-state index contributed by atoms with van der Waals surface area (Å²) >= 11 is 0. The second kappa shape index (κ2) is 5.93. The Hall–Kier alpha value is -0.200. The summed E-state index contributed by atoms with van der Waals surface area (Å²) in [5.41, 5.74) is 0. The van der Waals surface area contributed by atoms with Crippen LogP contribution < -0.4 is 0 Å². The van der Waals surface area contributed by atoms with Gasteiger partial charge in [0.2, 0.25) is 0 Å². The van der Waals surface area contributed by atoms with Gasteiger partial charge in [0.15, 0.2) is 5.79 Å². The molecule has 0 aromatic carbocycles. The van der Waals surface area contributed by atoms with Gasteiger partial charge in [-0.15, -0.1) is 0 Å². The van der Waals surface area contributed by atoms with Crippen molar-refractivity contribution in [3.8, 4) is 0 Å². The molecule has 96 valence electrons. The van der Waals surface area contributed by atoms with E-state index in [0.717, 1.165) is 12.8 Å². The topological polar surface area (TPSA) is 46.2 Å². The zero-order valence-corrected chi connectivity index (χ0v) is 10.6. The highest BCUT2D eigenvalue weighted by atomic mass is 17.3. The fraction of sp³-hybridized carbons (Fsp3) is 1.00. The molecule has 0 amide bonds. The molecule has 0 saturated carbocycles. The summed E-state index contributed by atoms with van der Waals surface area (Å²) in [4.78, 5) is 10.5. The van der Waals surface area contributed by atoms with Crippen LogP contribution in [0.5, 0.6) is 0 Å². The highest BCUT2D eigenvalue weighted by Crippen LogP contribution is 2.29. The maximum Gasteiger partial charge on any atom is 0.309 e. The van der Waals surface area contributed by atoms with Crippen LogP contribution in [0.1, 0.15) is 40.5 Å². The fourth-order valence-corrected chi connectivity index (χ4v) is 1.60. The largest absolute Gasteiger partial charge is 0.348 e. The third-order valence-corrected chi connectivity index (χ3v) is 2.36. The Morgan fingerprint density at radius 2 is 1.88 bits per heavy atom. The van der Waals surface area contributed by atoms with Crippen LogP contribution in [0.2, 0.25) is 0 Å². The van der Waals surface area contributed by atoms with Crippen molar-refractivity contribution < 1.29 is 24.0 Å². The maximum atomic E-state index is 5.43. The Labute approximate surface area is 96.9 Å². The molecule has 16 heavy (non-hydrogen) atoms. The first-order chi connectivity index (χ1) is 7.54. The summed E-state index contributed by atoms with van der Waals surface area (Å²) in [6, 6.07) is 0. The van der Waals surface area contributed by atoms with Gasteiger partial charge in [0, 0.05) is 26.6 Å². The molecule has 0 radical (unpaired) electrons. The van der Waals surface area contributed by atoms with Gasteiger partial charge in [-0.3, -0.25) is 0 Å². The van der Waals surface area contributed by atoms with Gasteiger partial charge >= 0.3 is 5.97 Å². The minimum Gasteiger partial charge on any atom is -0.348 e. The Morgan fingerprint density at radius 3 is 2.31 bits per heavy atom. The number of rotatable bonds is 7. The first-order valence-electron chi connectivity index (χ1n) is 5.82. The fourth-order valence-electron chi connectivity index (χ4n) is 1.60. The van der Waals surface area contributed by atoms with E-state index >= 15 is 0 Å². The van der Waals surface area contributed by atoms with Crippen LogP contribution >= 0.6 is 0 Å². The van der Waals surface area contributed by atoms with Gasteiger partial charge < -0.3 is 14.2 Å². The summed E-state index contributed by atoms with van der Waals surface area (Å²) in [5.74, 6) is -1.85. The van der Waals surface area contributed by atoms with Gasteiger partial charge in [-0.25, -0.2) is 0 Å². The standard InChI is InChI=1S/C11H22O5/c1-5-12-11(4,13-6-2)16-15-10(3)8-7-9-14-10/h5-9H2,1-4H3. The number of ether oxygens (including phenoxy) is 3. The molecule has 5 nitrogen and oxygen atoms in total. The Kier molecular flexibility index (Phi) is 5.14. The van der Waals surface area contributed by atoms with Crippen LogP contribution in [0.15, 0.2) is 0 Å². The van der Waals surface area contributed by atoms with Crippen molar-refractivity contribution in [2.24, 2.45) is 0 Å². The first kappa shape index (κ1) is 13.9. The van der Waals surface area contributed by atoms with Gasteiger partial charge in [0.05, 0.1) is 6.61 Å². The number of hydrogen-bond donors (Lipinski definition) is 0. The molecule has 1 aliphatic rings. The van der Waals surface area contributed by atoms with Crippen LogP contribution in [0.3, 0.4) is 0 Å².